The van der Waals surface area contributed by atoms with Gasteiger partial charge >= 0.3 is 0 Å². The highest BCUT2D eigenvalue weighted by molar-refractivity contribution is 7.12. The zero-order valence-electron chi connectivity index (χ0n) is 22.4. The summed E-state index contributed by atoms with van der Waals surface area (Å²) < 4.78 is 1.58. The molecule has 7 rings (SSSR count). The Labute approximate surface area is 244 Å². The maximum Gasteiger partial charge on any atom is 0.266 e. The fourth-order valence-corrected chi connectivity index (χ4v) is 6.67. The summed E-state index contributed by atoms with van der Waals surface area (Å²) in [5.41, 5.74) is 6.78. The van der Waals surface area contributed by atoms with Gasteiger partial charge in [0.2, 0.25) is 5.95 Å². The number of benzene rings is 1. The van der Waals surface area contributed by atoms with Crippen LogP contribution in [0.15, 0.2) is 82.0 Å². The predicted octanol–water partition coefficient (Wildman–Crippen LogP) is 6.55. The van der Waals surface area contributed by atoms with E-state index >= 15 is 0 Å². The molecule has 0 radical (unpaired) electrons. The molecule has 8 nitrogen and oxygen atoms in total. The van der Waals surface area contributed by atoms with Crippen LogP contribution >= 0.6 is 22.7 Å². The Morgan fingerprint density at radius 1 is 0.976 bits per heavy atom. The molecule has 6 heterocycles. The van der Waals surface area contributed by atoms with E-state index in [2.05, 4.69) is 55.2 Å². The Morgan fingerprint density at radius 3 is 2.56 bits per heavy atom. The number of anilines is 2. The SMILES string of the molecule is Cc1cc(-c2ccsc2)ncc1-c1cc2cnc(Nc3ccc(C4CCNCC4)cc3)nc2n(-c2nccs2)c1=O. The van der Waals surface area contributed by atoms with E-state index in [4.69, 9.17) is 4.98 Å². The van der Waals surface area contributed by atoms with Crippen LogP contribution in [-0.2, 0) is 0 Å². The first-order chi connectivity index (χ1) is 20.1. The molecule has 0 bridgehead atoms. The lowest BCUT2D eigenvalue weighted by Crippen LogP contribution is -2.26. The molecule has 41 heavy (non-hydrogen) atoms. The molecule has 1 aromatic carbocycles. The van der Waals surface area contributed by atoms with Crippen LogP contribution < -0.4 is 16.2 Å². The van der Waals surface area contributed by atoms with Gasteiger partial charge in [0.25, 0.3) is 5.56 Å². The van der Waals surface area contributed by atoms with E-state index in [9.17, 15) is 4.79 Å². The molecule has 1 aliphatic rings. The zero-order chi connectivity index (χ0) is 27.8. The minimum Gasteiger partial charge on any atom is -0.324 e. The summed E-state index contributed by atoms with van der Waals surface area (Å²) in [7, 11) is 0. The van der Waals surface area contributed by atoms with E-state index in [1.807, 2.05) is 35.9 Å². The van der Waals surface area contributed by atoms with Gasteiger partial charge < -0.3 is 10.6 Å². The highest BCUT2D eigenvalue weighted by atomic mass is 32.1. The topological polar surface area (TPSA) is 97.6 Å². The molecule has 1 aliphatic heterocycles. The molecular weight excluding hydrogens is 551 g/mol. The number of fused-ring (bicyclic) bond motifs is 1. The number of hydrogen-bond acceptors (Lipinski definition) is 9. The lowest BCUT2D eigenvalue weighted by Gasteiger charge is -2.23. The van der Waals surface area contributed by atoms with Crippen molar-refractivity contribution in [1.82, 2.24) is 29.8 Å². The molecule has 6 aromatic rings. The molecule has 0 unspecified atom stereocenters. The second-order valence-corrected chi connectivity index (χ2v) is 11.8. The first kappa shape index (κ1) is 25.7. The zero-order valence-corrected chi connectivity index (χ0v) is 24.0. The number of thiophene rings is 1. The molecule has 0 spiro atoms. The lowest BCUT2D eigenvalue weighted by molar-refractivity contribution is 0.460. The molecule has 0 atom stereocenters. The van der Waals surface area contributed by atoms with E-state index < -0.39 is 0 Å². The van der Waals surface area contributed by atoms with Crippen LogP contribution in [0.5, 0.6) is 0 Å². The van der Waals surface area contributed by atoms with Gasteiger partial charge in [-0.15, -0.1) is 11.3 Å². The van der Waals surface area contributed by atoms with E-state index in [0.717, 1.165) is 59.4 Å². The van der Waals surface area contributed by atoms with Crippen LogP contribution in [0.4, 0.5) is 11.6 Å². The smallest absolute Gasteiger partial charge is 0.266 e. The average Bonchev–Trinajstić information content (AvgIpc) is 3.74. The highest BCUT2D eigenvalue weighted by Gasteiger charge is 2.19. The van der Waals surface area contributed by atoms with Crippen molar-refractivity contribution >= 4 is 45.3 Å². The Hall–Kier alpha value is -4.25. The standard InChI is InChI=1S/C31H27N7OS2/c1-19-14-27(22-8-12-40-18-22)34-17-26(19)25-15-23-16-35-30(37-28(23)38(29(25)39)31-33-11-13-41-31)36-24-4-2-20(3-5-24)21-6-9-32-10-7-21/h2-5,8,11-18,21,32H,6-7,9-10H2,1H3,(H,35,36,37). The van der Waals surface area contributed by atoms with Crippen molar-refractivity contribution in [2.75, 3.05) is 18.4 Å². The van der Waals surface area contributed by atoms with Gasteiger partial charge in [0, 0.05) is 51.6 Å². The molecule has 0 saturated carbocycles. The molecule has 1 saturated heterocycles. The number of thiazole rings is 1. The van der Waals surface area contributed by atoms with Gasteiger partial charge in [-0.2, -0.15) is 16.3 Å². The maximum absolute atomic E-state index is 14.0. The molecule has 10 heteroatoms. The quantitative estimate of drug-likeness (QED) is 0.232. The summed E-state index contributed by atoms with van der Waals surface area (Å²) >= 11 is 3.02. The van der Waals surface area contributed by atoms with Crippen molar-refractivity contribution in [2.24, 2.45) is 0 Å². The number of aromatic nitrogens is 5. The van der Waals surface area contributed by atoms with Gasteiger partial charge in [-0.05, 0) is 85.6 Å². The second-order valence-electron chi connectivity index (χ2n) is 10.2. The summed E-state index contributed by atoms with van der Waals surface area (Å²) in [4.78, 5) is 32.5. The van der Waals surface area contributed by atoms with Crippen molar-refractivity contribution < 1.29 is 0 Å². The second kappa shape index (κ2) is 11.0. The van der Waals surface area contributed by atoms with Crippen molar-refractivity contribution in [3.8, 4) is 27.5 Å². The van der Waals surface area contributed by atoms with Gasteiger partial charge in [-0.25, -0.2) is 14.5 Å². The van der Waals surface area contributed by atoms with Crippen molar-refractivity contribution in [3.63, 3.8) is 0 Å². The first-order valence-electron chi connectivity index (χ1n) is 13.5. The Balaban J connectivity index is 1.27. The van der Waals surface area contributed by atoms with E-state index in [0.29, 0.717) is 28.2 Å². The molecule has 0 aliphatic carbocycles. The van der Waals surface area contributed by atoms with Gasteiger partial charge in [-0.3, -0.25) is 9.78 Å². The largest absolute Gasteiger partial charge is 0.324 e. The Bertz CT molecular complexity index is 1880. The average molecular weight is 578 g/mol. The number of pyridine rings is 2. The third-order valence-corrected chi connectivity index (χ3v) is 8.99. The summed E-state index contributed by atoms with van der Waals surface area (Å²) in [6.45, 7) is 4.13. The number of rotatable bonds is 6. The van der Waals surface area contributed by atoms with Crippen LogP contribution in [0.2, 0.25) is 0 Å². The lowest BCUT2D eigenvalue weighted by atomic mass is 9.90. The normalized spacial score (nSPS) is 14.0. The molecule has 5 aromatic heterocycles. The van der Waals surface area contributed by atoms with Crippen molar-refractivity contribution in [2.45, 2.75) is 25.7 Å². The minimum absolute atomic E-state index is 0.198. The summed E-state index contributed by atoms with van der Waals surface area (Å²) in [6.07, 6.45) is 7.54. The summed E-state index contributed by atoms with van der Waals surface area (Å²) in [5.74, 6) is 1.01. The van der Waals surface area contributed by atoms with Crippen LogP contribution in [0.25, 0.3) is 38.5 Å². The van der Waals surface area contributed by atoms with Crippen LogP contribution in [-0.4, -0.2) is 37.6 Å². The molecule has 1 fully saturated rings. The first-order valence-corrected chi connectivity index (χ1v) is 15.4. The highest BCUT2D eigenvalue weighted by Crippen LogP contribution is 2.30. The van der Waals surface area contributed by atoms with Gasteiger partial charge in [0.15, 0.2) is 10.8 Å². The van der Waals surface area contributed by atoms with Crippen molar-refractivity contribution in [1.29, 1.82) is 0 Å². The number of nitrogens with one attached hydrogen (secondary N) is 2. The third-order valence-electron chi connectivity index (χ3n) is 7.55. The fourth-order valence-electron chi connectivity index (χ4n) is 5.38. The van der Waals surface area contributed by atoms with Crippen LogP contribution in [0.1, 0.15) is 29.9 Å². The molecule has 2 N–H and O–H groups in total. The van der Waals surface area contributed by atoms with E-state index in [1.165, 1.54) is 16.9 Å². The van der Waals surface area contributed by atoms with Crippen LogP contribution in [0.3, 0.4) is 0 Å². The molecule has 204 valence electrons. The Kier molecular flexibility index (Phi) is 6.87. The van der Waals surface area contributed by atoms with E-state index in [-0.39, 0.29) is 5.56 Å². The fraction of sp³-hybridized carbons (Fsp3) is 0.194. The summed E-state index contributed by atoms with van der Waals surface area (Å²) in [6, 6.07) is 14.4. The molecular formula is C31H27N7OS2. The van der Waals surface area contributed by atoms with Crippen LogP contribution in [0, 0.1) is 6.92 Å². The molecule has 0 amide bonds. The summed E-state index contributed by atoms with van der Waals surface area (Å²) in [5, 5.41) is 14.0. The number of aryl methyl sites for hydroxylation is 1. The minimum atomic E-state index is -0.198. The van der Waals surface area contributed by atoms with Gasteiger partial charge in [0.05, 0.1) is 11.3 Å². The van der Waals surface area contributed by atoms with Gasteiger partial charge in [0.1, 0.15) is 0 Å². The Morgan fingerprint density at radius 2 is 1.83 bits per heavy atom. The van der Waals surface area contributed by atoms with Crippen molar-refractivity contribution in [3.05, 3.63) is 98.7 Å². The third kappa shape index (κ3) is 5.06. The monoisotopic (exact) mass is 577 g/mol. The predicted molar refractivity (Wildman–Crippen MR) is 167 cm³/mol. The number of nitrogens with zero attached hydrogens (tertiary/aromatic N) is 5. The van der Waals surface area contributed by atoms with E-state index in [1.54, 1.807) is 34.5 Å². The maximum atomic E-state index is 14.0. The number of piperidine rings is 1. The van der Waals surface area contributed by atoms with Gasteiger partial charge in [-0.1, -0.05) is 12.1 Å². The number of hydrogen-bond donors (Lipinski definition) is 2.